The largest absolute Gasteiger partial charge is 0.339 e. The van der Waals surface area contributed by atoms with E-state index in [0.717, 1.165) is 31.6 Å². The molecule has 84 valence electrons. The molecule has 0 atom stereocenters. The third kappa shape index (κ3) is 2.81. The quantitative estimate of drug-likeness (QED) is 0.806. The second-order valence-corrected chi connectivity index (χ2v) is 3.65. The highest BCUT2D eigenvalue weighted by Gasteiger charge is 2.16. The summed E-state index contributed by atoms with van der Waals surface area (Å²) < 4.78 is 0. The van der Waals surface area contributed by atoms with Crippen LogP contribution in [0.25, 0.3) is 0 Å². The van der Waals surface area contributed by atoms with Crippen molar-refractivity contribution >= 4 is 5.91 Å². The first kappa shape index (κ1) is 11.8. The number of nitrogens with one attached hydrogen (secondary N) is 1. The number of H-pyrrole nitrogens is 1. The van der Waals surface area contributed by atoms with E-state index in [1.165, 1.54) is 0 Å². The molecule has 1 heterocycles. The molecule has 0 bridgehead atoms. The van der Waals surface area contributed by atoms with Crippen LogP contribution in [0.4, 0.5) is 0 Å². The number of hydrogen-bond acceptors (Lipinski definition) is 2. The number of carbonyl (C=O) groups excluding carboxylic acids is 1. The first-order chi connectivity index (χ1) is 7.20. The van der Waals surface area contributed by atoms with Crippen LogP contribution in [0, 0.1) is 6.92 Å². The van der Waals surface area contributed by atoms with E-state index in [1.807, 2.05) is 18.7 Å². The maximum Gasteiger partial charge on any atom is 0.257 e. The van der Waals surface area contributed by atoms with Crippen molar-refractivity contribution in [1.29, 1.82) is 0 Å². The molecule has 0 saturated carbocycles. The summed E-state index contributed by atoms with van der Waals surface area (Å²) in [5.74, 6) is 0.0807. The van der Waals surface area contributed by atoms with Crippen molar-refractivity contribution < 1.29 is 4.79 Å². The Bertz CT molecular complexity index is 319. The van der Waals surface area contributed by atoms with Gasteiger partial charge in [-0.05, 0) is 20.3 Å². The maximum absolute atomic E-state index is 12.0. The molecule has 1 aromatic rings. The summed E-state index contributed by atoms with van der Waals surface area (Å²) in [6, 6.07) is 0. The van der Waals surface area contributed by atoms with Gasteiger partial charge < -0.3 is 4.90 Å². The molecule has 4 nitrogen and oxygen atoms in total. The molecule has 1 aromatic heterocycles. The van der Waals surface area contributed by atoms with Crippen molar-refractivity contribution in [3.05, 3.63) is 17.5 Å². The van der Waals surface area contributed by atoms with Crippen molar-refractivity contribution in [2.45, 2.75) is 33.6 Å². The van der Waals surface area contributed by atoms with E-state index in [0.29, 0.717) is 5.56 Å². The van der Waals surface area contributed by atoms with Crippen LogP contribution in [0.3, 0.4) is 0 Å². The first-order valence-electron chi connectivity index (χ1n) is 5.49. The van der Waals surface area contributed by atoms with Gasteiger partial charge in [-0.15, -0.1) is 0 Å². The molecule has 0 aliphatic carbocycles. The molecule has 0 radical (unpaired) electrons. The fourth-order valence-electron chi connectivity index (χ4n) is 1.49. The summed E-state index contributed by atoms with van der Waals surface area (Å²) >= 11 is 0. The predicted octanol–water partition coefficient (Wildman–Crippen LogP) is 1.98. The predicted molar refractivity (Wildman–Crippen MR) is 59.8 cm³/mol. The van der Waals surface area contributed by atoms with Gasteiger partial charge in [0.2, 0.25) is 0 Å². The summed E-state index contributed by atoms with van der Waals surface area (Å²) in [4.78, 5) is 13.9. The second kappa shape index (κ2) is 5.53. The minimum atomic E-state index is 0.0807. The van der Waals surface area contributed by atoms with E-state index in [9.17, 15) is 4.79 Å². The standard InChI is InChI=1S/C11H19N3O/c1-4-6-7-14(5-2)11(15)10-8-12-13-9(10)3/h8H,4-7H2,1-3H3,(H,12,13). The van der Waals surface area contributed by atoms with Crippen LogP contribution in [-0.2, 0) is 0 Å². The van der Waals surface area contributed by atoms with Gasteiger partial charge in [0.15, 0.2) is 0 Å². The zero-order valence-electron chi connectivity index (χ0n) is 9.71. The molecule has 0 aromatic carbocycles. The lowest BCUT2D eigenvalue weighted by molar-refractivity contribution is 0.0761. The first-order valence-corrected chi connectivity index (χ1v) is 5.49. The number of aromatic amines is 1. The lowest BCUT2D eigenvalue weighted by atomic mass is 10.2. The smallest absolute Gasteiger partial charge is 0.257 e. The van der Waals surface area contributed by atoms with Gasteiger partial charge in [-0.3, -0.25) is 9.89 Å². The Morgan fingerprint density at radius 1 is 1.53 bits per heavy atom. The van der Waals surface area contributed by atoms with Crippen LogP contribution >= 0.6 is 0 Å². The number of rotatable bonds is 5. The Labute approximate surface area is 90.7 Å². The summed E-state index contributed by atoms with van der Waals surface area (Å²) in [6.45, 7) is 7.58. The Morgan fingerprint density at radius 2 is 2.27 bits per heavy atom. The minimum Gasteiger partial charge on any atom is -0.339 e. The fraction of sp³-hybridized carbons (Fsp3) is 0.636. The Morgan fingerprint density at radius 3 is 2.73 bits per heavy atom. The van der Waals surface area contributed by atoms with Crippen LogP contribution < -0.4 is 0 Å². The van der Waals surface area contributed by atoms with Crippen LogP contribution in [0.15, 0.2) is 6.20 Å². The number of aromatic nitrogens is 2. The minimum absolute atomic E-state index is 0.0807. The monoisotopic (exact) mass is 209 g/mol. The molecule has 15 heavy (non-hydrogen) atoms. The van der Waals surface area contributed by atoms with Gasteiger partial charge in [-0.2, -0.15) is 5.10 Å². The van der Waals surface area contributed by atoms with Crippen molar-refractivity contribution in [2.24, 2.45) is 0 Å². The van der Waals surface area contributed by atoms with E-state index in [-0.39, 0.29) is 5.91 Å². The molecule has 0 unspecified atom stereocenters. The van der Waals surface area contributed by atoms with Crippen LogP contribution in [-0.4, -0.2) is 34.1 Å². The van der Waals surface area contributed by atoms with E-state index in [4.69, 9.17) is 0 Å². The normalized spacial score (nSPS) is 10.3. The zero-order chi connectivity index (χ0) is 11.3. The van der Waals surface area contributed by atoms with Gasteiger partial charge in [-0.25, -0.2) is 0 Å². The topological polar surface area (TPSA) is 49.0 Å². The SMILES string of the molecule is CCCCN(CC)C(=O)c1cn[nH]c1C. The molecule has 1 N–H and O–H groups in total. The maximum atomic E-state index is 12.0. The Balaban J connectivity index is 2.69. The molecule has 0 aliphatic rings. The summed E-state index contributed by atoms with van der Waals surface area (Å²) in [6.07, 6.45) is 3.76. The summed E-state index contributed by atoms with van der Waals surface area (Å²) in [5, 5.41) is 6.65. The highest BCUT2D eigenvalue weighted by Crippen LogP contribution is 2.08. The second-order valence-electron chi connectivity index (χ2n) is 3.65. The van der Waals surface area contributed by atoms with Gasteiger partial charge in [-0.1, -0.05) is 13.3 Å². The third-order valence-corrected chi connectivity index (χ3v) is 2.51. The average Bonchev–Trinajstić information content (AvgIpc) is 2.65. The Hall–Kier alpha value is -1.32. The molecule has 1 rings (SSSR count). The zero-order valence-corrected chi connectivity index (χ0v) is 9.71. The van der Waals surface area contributed by atoms with E-state index in [2.05, 4.69) is 17.1 Å². The molecular formula is C11H19N3O. The highest BCUT2D eigenvalue weighted by molar-refractivity contribution is 5.94. The molecule has 0 fully saturated rings. The number of unbranched alkanes of at least 4 members (excludes halogenated alkanes) is 1. The molecule has 4 heteroatoms. The van der Waals surface area contributed by atoms with Crippen LogP contribution in [0.2, 0.25) is 0 Å². The van der Waals surface area contributed by atoms with E-state index < -0.39 is 0 Å². The van der Waals surface area contributed by atoms with Crippen molar-refractivity contribution in [3.8, 4) is 0 Å². The van der Waals surface area contributed by atoms with Crippen molar-refractivity contribution in [1.82, 2.24) is 15.1 Å². The van der Waals surface area contributed by atoms with Gasteiger partial charge in [0.05, 0.1) is 11.8 Å². The average molecular weight is 209 g/mol. The van der Waals surface area contributed by atoms with Gasteiger partial charge in [0.1, 0.15) is 0 Å². The van der Waals surface area contributed by atoms with E-state index >= 15 is 0 Å². The lowest BCUT2D eigenvalue weighted by Gasteiger charge is -2.20. The number of hydrogen-bond donors (Lipinski definition) is 1. The molecular weight excluding hydrogens is 190 g/mol. The number of nitrogens with zero attached hydrogens (tertiary/aromatic N) is 2. The Kier molecular flexibility index (Phi) is 4.34. The van der Waals surface area contributed by atoms with Gasteiger partial charge in [0.25, 0.3) is 5.91 Å². The van der Waals surface area contributed by atoms with Gasteiger partial charge in [0, 0.05) is 18.8 Å². The van der Waals surface area contributed by atoms with Crippen LogP contribution in [0.5, 0.6) is 0 Å². The fourth-order valence-corrected chi connectivity index (χ4v) is 1.49. The summed E-state index contributed by atoms with van der Waals surface area (Å²) in [7, 11) is 0. The third-order valence-electron chi connectivity index (χ3n) is 2.51. The van der Waals surface area contributed by atoms with Gasteiger partial charge >= 0.3 is 0 Å². The highest BCUT2D eigenvalue weighted by atomic mass is 16.2. The summed E-state index contributed by atoms with van der Waals surface area (Å²) in [5.41, 5.74) is 1.53. The molecule has 0 saturated heterocycles. The number of carbonyl (C=O) groups is 1. The van der Waals surface area contributed by atoms with Crippen LogP contribution in [0.1, 0.15) is 42.7 Å². The molecule has 1 amide bonds. The number of amides is 1. The molecule has 0 aliphatic heterocycles. The lowest BCUT2D eigenvalue weighted by Crippen LogP contribution is -2.31. The van der Waals surface area contributed by atoms with E-state index in [1.54, 1.807) is 6.20 Å². The molecule has 0 spiro atoms. The van der Waals surface area contributed by atoms with Crippen molar-refractivity contribution in [2.75, 3.05) is 13.1 Å². The number of aryl methyl sites for hydroxylation is 1. The van der Waals surface area contributed by atoms with Crippen molar-refractivity contribution in [3.63, 3.8) is 0 Å².